The van der Waals surface area contributed by atoms with Gasteiger partial charge in [-0.25, -0.2) is 0 Å². The summed E-state index contributed by atoms with van der Waals surface area (Å²) in [6.07, 6.45) is 5.65. The molecule has 1 saturated carbocycles. The van der Waals surface area contributed by atoms with Gasteiger partial charge in [-0.2, -0.15) is 0 Å². The predicted molar refractivity (Wildman–Crippen MR) is 75.8 cm³/mol. The molecule has 1 fully saturated rings. The van der Waals surface area contributed by atoms with E-state index in [2.05, 4.69) is 15.6 Å². The Balaban J connectivity index is 1.76. The minimum Gasteiger partial charge on any atom is -0.398 e. The van der Waals surface area contributed by atoms with Crippen LogP contribution in [0.15, 0.2) is 30.6 Å². The highest BCUT2D eigenvalue weighted by atomic mass is 16.2. The Bertz CT molecular complexity index is 622. The number of nitrogen functional groups attached to an aromatic ring is 1. The number of nitrogens with one attached hydrogen (secondary N) is 2. The molecule has 1 heterocycles. The average Bonchev–Trinajstić information content (AvgIpc) is 3.22. The van der Waals surface area contributed by atoms with Crippen LogP contribution in [0.5, 0.6) is 0 Å². The Morgan fingerprint density at radius 1 is 1.32 bits per heavy atom. The molecule has 0 unspecified atom stereocenters. The third-order valence-electron chi connectivity index (χ3n) is 3.23. The Morgan fingerprint density at radius 2 is 2.16 bits per heavy atom. The van der Waals surface area contributed by atoms with Crippen molar-refractivity contribution in [2.24, 2.45) is 0 Å². The minimum absolute atomic E-state index is 0.0292. The molecule has 0 radical (unpaired) electrons. The fourth-order valence-electron chi connectivity index (χ4n) is 2.05. The van der Waals surface area contributed by atoms with E-state index in [0.29, 0.717) is 11.7 Å². The van der Waals surface area contributed by atoms with Gasteiger partial charge in [0.1, 0.15) is 0 Å². The maximum absolute atomic E-state index is 11.7. The lowest BCUT2D eigenvalue weighted by atomic mass is 10.1. The molecule has 0 spiro atoms. The number of benzene rings is 1. The van der Waals surface area contributed by atoms with Crippen LogP contribution in [0.2, 0.25) is 0 Å². The van der Waals surface area contributed by atoms with Crippen LogP contribution in [0.3, 0.4) is 0 Å². The number of pyridine rings is 1. The fraction of sp³-hybridized carbons (Fsp3) is 0.286. The number of hydrogen-bond donors (Lipinski definition) is 3. The van der Waals surface area contributed by atoms with E-state index in [-0.39, 0.29) is 12.5 Å². The maximum atomic E-state index is 11.7. The second-order valence-corrected chi connectivity index (χ2v) is 4.82. The van der Waals surface area contributed by atoms with Crippen molar-refractivity contribution in [2.45, 2.75) is 18.9 Å². The molecular formula is C14H16N4O. The van der Waals surface area contributed by atoms with Crippen molar-refractivity contribution < 1.29 is 4.79 Å². The zero-order chi connectivity index (χ0) is 13.2. The Kier molecular flexibility index (Phi) is 2.95. The van der Waals surface area contributed by atoms with E-state index in [0.717, 1.165) is 29.3 Å². The predicted octanol–water partition coefficient (Wildman–Crippen LogP) is 1.51. The van der Waals surface area contributed by atoms with Gasteiger partial charge >= 0.3 is 0 Å². The van der Waals surface area contributed by atoms with E-state index < -0.39 is 0 Å². The zero-order valence-corrected chi connectivity index (χ0v) is 10.5. The maximum Gasteiger partial charge on any atom is 0.239 e. The SMILES string of the molecule is Nc1ccc(NCC(=O)NC2CC2)c2ccncc12. The molecule has 1 aliphatic carbocycles. The molecule has 1 aromatic heterocycles. The summed E-state index contributed by atoms with van der Waals surface area (Å²) < 4.78 is 0. The molecule has 5 nitrogen and oxygen atoms in total. The number of rotatable bonds is 4. The molecule has 1 aliphatic rings. The van der Waals surface area contributed by atoms with Crippen molar-refractivity contribution in [3.05, 3.63) is 30.6 Å². The topological polar surface area (TPSA) is 80.0 Å². The van der Waals surface area contributed by atoms with Crippen LogP contribution in [0, 0.1) is 0 Å². The molecule has 0 atom stereocenters. The van der Waals surface area contributed by atoms with E-state index in [1.807, 2.05) is 18.2 Å². The highest BCUT2D eigenvalue weighted by Gasteiger charge is 2.22. The standard InChI is InChI=1S/C14H16N4O/c15-12-3-4-13(10-5-6-16-7-11(10)12)17-8-14(19)18-9-1-2-9/h3-7,9,17H,1-2,8,15H2,(H,18,19). The first-order chi connectivity index (χ1) is 9.24. The summed E-state index contributed by atoms with van der Waals surface area (Å²) in [4.78, 5) is 15.7. The average molecular weight is 256 g/mol. The van der Waals surface area contributed by atoms with Gasteiger partial charge in [-0.05, 0) is 31.0 Å². The number of hydrogen-bond acceptors (Lipinski definition) is 4. The molecule has 1 aromatic carbocycles. The first-order valence-corrected chi connectivity index (χ1v) is 6.39. The second-order valence-electron chi connectivity index (χ2n) is 4.82. The van der Waals surface area contributed by atoms with Crippen LogP contribution in [0.1, 0.15) is 12.8 Å². The first kappa shape index (κ1) is 11.8. The third kappa shape index (κ3) is 2.59. The number of amides is 1. The summed E-state index contributed by atoms with van der Waals surface area (Å²) >= 11 is 0. The van der Waals surface area contributed by atoms with Gasteiger partial charge in [-0.1, -0.05) is 0 Å². The van der Waals surface area contributed by atoms with E-state index in [9.17, 15) is 4.79 Å². The summed E-state index contributed by atoms with van der Waals surface area (Å²) in [5.41, 5.74) is 7.50. The summed E-state index contributed by atoms with van der Waals surface area (Å²) in [7, 11) is 0. The molecule has 0 saturated heterocycles. The van der Waals surface area contributed by atoms with Crippen LogP contribution in [-0.4, -0.2) is 23.5 Å². The van der Waals surface area contributed by atoms with Crippen LogP contribution in [0.25, 0.3) is 10.8 Å². The molecular weight excluding hydrogens is 240 g/mol. The van der Waals surface area contributed by atoms with Gasteiger partial charge in [0.05, 0.1) is 6.54 Å². The molecule has 98 valence electrons. The lowest BCUT2D eigenvalue weighted by Gasteiger charge is -2.11. The molecule has 2 aromatic rings. The van der Waals surface area contributed by atoms with Crippen molar-refractivity contribution in [3.8, 4) is 0 Å². The smallest absolute Gasteiger partial charge is 0.239 e. The Labute approximate surface area is 111 Å². The van der Waals surface area contributed by atoms with Crippen molar-refractivity contribution in [3.63, 3.8) is 0 Å². The molecule has 1 amide bonds. The summed E-state index contributed by atoms with van der Waals surface area (Å²) in [6.45, 7) is 0.276. The summed E-state index contributed by atoms with van der Waals surface area (Å²) in [5.74, 6) is 0.0292. The van der Waals surface area contributed by atoms with E-state index in [1.54, 1.807) is 12.4 Å². The third-order valence-corrected chi connectivity index (χ3v) is 3.23. The Morgan fingerprint density at radius 3 is 2.95 bits per heavy atom. The van der Waals surface area contributed by atoms with Gasteiger partial charge in [-0.15, -0.1) is 0 Å². The molecule has 19 heavy (non-hydrogen) atoms. The molecule has 0 aliphatic heterocycles. The highest BCUT2D eigenvalue weighted by Crippen LogP contribution is 2.27. The van der Waals surface area contributed by atoms with Crippen LogP contribution < -0.4 is 16.4 Å². The van der Waals surface area contributed by atoms with Gasteiger partial charge < -0.3 is 16.4 Å². The van der Waals surface area contributed by atoms with Crippen molar-refractivity contribution in [1.82, 2.24) is 10.3 Å². The number of nitrogens with zero attached hydrogens (tertiary/aromatic N) is 1. The lowest BCUT2D eigenvalue weighted by molar-refractivity contribution is -0.119. The lowest BCUT2D eigenvalue weighted by Crippen LogP contribution is -2.31. The van der Waals surface area contributed by atoms with Crippen LogP contribution in [0.4, 0.5) is 11.4 Å². The number of anilines is 2. The minimum atomic E-state index is 0.0292. The zero-order valence-electron chi connectivity index (χ0n) is 10.5. The summed E-state index contributed by atoms with van der Waals surface area (Å²) in [5, 5.41) is 7.98. The van der Waals surface area contributed by atoms with E-state index in [1.165, 1.54) is 0 Å². The van der Waals surface area contributed by atoms with Crippen molar-refractivity contribution in [2.75, 3.05) is 17.6 Å². The van der Waals surface area contributed by atoms with Crippen molar-refractivity contribution >= 4 is 28.1 Å². The van der Waals surface area contributed by atoms with Gasteiger partial charge in [0.25, 0.3) is 0 Å². The van der Waals surface area contributed by atoms with E-state index in [4.69, 9.17) is 5.73 Å². The van der Waals surface area contributed by atoms with Crippen LogP contribution in [-0.2, 0) is 4.79 Å². The second kappa shape index (κ2) is 4.76. The van der Waals surface area contributed by atoms with Gasteiger partial charge in [0.15, 0.2) is 0 Å². The number of fused-ring (bicyclic) bond motifs is 1. The van der Waals surface area contributed by atoms with Gasteiger partial charge in [0, 0.05) is 40.6 Å². The monoisotopic (exact) mass is 256 g/mol. The fourth-order valence-corrected chi connectivity index (χ4v) is 2.05. The first-order valence-electron chi connectivity index (χ1n) is 6.39. The number of aromatic nitrogens is 1. The van der Waals surface area contributed by atoms with Crippen LogP contribution >= 0.6 is 0 Å². The van der Waals surface area contributed by atoms with Crippen molar-refractivity contribution in [1.29, 1.82) is 0 Å². The quantitative estimate of drug-likeness (QED) is 0.724. The molecule has 0 bridgehead atoms. The normalized spacial score (nSPS) is 14.3. The van der Waals surface area contributed by atoms with E-state index >= 15 is 0 Å². The number of nitrogens with two attached hydrogens (primary N) is 1. The van der Waals surface area contributed by atoms with Gasteiger partial charge in [-0.3, -0.25) is 9.78 Å². The molecule has 3 rings (SSSR count). The Hall–Kier alpha value is -2.30. The highest BCUT2D eigenvalue weighted by molar-refractivity contribution is 6.01. The largest absolute Gasteiger partial charge is 0.398 e. The summed E-state index contributed by atoms with van der Waals surface area (Å²) in [6, 6.07) is 6.00. The number of carbonyl (C=O) groups is 1. The molecule has 5 heteroatoms. The van der Waals surface area contributed by atoms with Gasteiger partial charge in [0.2, 0.25) is 5.91 Å². The number of carbonyl (C=O) groups excluding carboxylic acids is 1. The molecule has 4 N–H and O–H groups in total.